The molecule has 4 aliphatic carbocycles. The summed E-state index contributed by atoms with van der Waals surface area (Å²) < 4.78 is 5.18. The molecule has 4 bridgehead atoms. The molecule has 20 heavy (non-hydrogen) atoms. The van der Waals surface area contributed by atoms with Gasteiger partial charge in [-0.3, -0.25) is 4.90 Å². The van der Waals surface area contributed by atoms with E-state index in [1.165, 1.54) is 38.5 Å². The average Bonchev–Trinajstić information content (AvgIpc) is 2.90. The van der Waals surface area contributed by atoms with Crippen molar-refractivity contribution in [3.05, 3.63) is 11.3 Å². The lowest BCUT2D eigenvalue weighted by Gasteiger charge is -2.60. The van der Waals surface area contributed by atoms with Crippen LogP contribution in [0.1, 0.15) is 62.7 Å². The second kappa shape index (κ2) is 3.59. The van der Waals surface area contributed by atoms with Gasteiger partial charge in [0.15, 0.2) is 0 Å². The first-order valence-electron chi connectivity index (χ1n) is 8.15. The fourth-order valence-corrected chi connectivity index (χ4v) is 6.27. The molecule has 1 aliphatic heterocycles. The van der Waals surface area contributed by atoms with E-state index >= 15 is 0 Å². The van der Waals surface area contributed by atoms with Crippen LogP contribution in [0.3, 0.4) is 0 Å². The van der Waals surface area contributed by atoms with Crippen LogP contribution >= 0.6 is 0 Å². The van der Waals surface area contributed by atoms with Crippen molar-refractivity contribution in [3.8, 4) is 0 Å². The minimum Gasteiger partial charge on any atom is -0.367 e. The van der Waals surface area contributed by atoms with Crippen molar-refractivity contribution in [2.24, 2.45) is 17.8 Å². The number of fused-ring (bicyclic) bond motifs is 1. The van der Waals surface area contributed by atoms with Gasteiger partial charge in [-0.15, -0.1) is 0 Å². The van der Waals surface area contributed by atoms with E-state index in [1.807, 2.05) is 0 Å². The van der Waals surface area contributed by atoms with E-state index in [0.717, 1.165) is 35.6 Å². The molecule has 108 valence electrons. The number of aromatic nitrogens is 1. The molecule has 4 fully saturated rings. The van der Waals surface area contributed by atoms with E-state index in [9.17, 15) is 0 Å². The summed E-state index contributed by atoms with van der Waals surface area (Å²) in [6, 6.07) is 0.377. The van der Waals surface area contributed by atoms with Crippen LogP contribution in [-0.4, -0.2) is 15.6 Å². The van der Waals surface area contributed by atoms with Crippen LogP contribution in [0.2, 0.25) is 0 Å². The van der Waals surface area contributed by atoms with Crippen LogP contribution in [0.25, 0.3) is 0 Å². The maximum absolute atomic E-state index is 5.95. The quantitative estimate of drug-likeness (QED) is 0.854. The van der Waals surface area contributed by atoms with E-state index in [4.69, 9.17) is 10.3 Å². The predicted molar refractivity (Wildman–Crippen MR) is 75.8 cm³/mol. The van der Waals surface area contributed by atoms with Crippen molar-refractivity contribution in [1.82, 2.24) is 10.1 Å². The molecule has 0 amide bonds. The normalized spacial score (nSPS) is 46.0. The van der Waals surface area contributed by atoms with Gasteiger partial charge < -0.3 is 10.3 Å². The van der Waals surface area contributed by atoms with Gasteiger partial charge in [-0.2, -0.15) is 0 Å². The second-order valence-corrected chi connectivity index (χ2v) is 7.86. The number of hydrogen-bond donors (Lipinski definition) is 1. The Hall–Kier alpha value is -1.03. The van der Waals surface area contributed by atoms with Crippen LogP contribution < -0.4 is 5.73 Å². The Morgan fingerprint density at radius 2 is 1.75 bits per heavy atom. The number of nitrogen functional groups attached to an aromatic ring is 1. The lowest BCUT2D eigenvalue weighted by Crippen LogP contribution is -2.59. The lowest BCUT2D eigenvalue weighted by atomic mass is 9.52. The van der Waals surface area contributed by atoms with Crippen LogP contribution in [0, 0.1) is 17.8 Å². The first kappa shape index (κ1) is 11.6. The maximum atomic E-state index is 5.95. The molecule has 0 aromatic carbocycles. The molecule has 6 rings (SSSR count). The van der Waals surface area contributed by atoms with Crippen molar-refractivity contribution in [3.63, 3.8) is 0 Å². The van der Waals surface area contributed by atoms with Crippen molar-refractivity contribution >= 4 is 5.88 Å². The Morgan fingerprint density at radius 1 is 1.15 bits per heavy atom. The van der Waals surface area contributed by atoms with Gasteiger partial charge in [0.25, 0.3) is 0 Å². The Morgan fingerprint density at radius 3 is 2.30 bits per heavy atom. The van der Waals surface area contributed by atoms with E-state index in [2.05, 4.69) is 17.0 Å². The third kappa shape index (κ3) is 1.33. The van der Waals surface area contributed by atoms with Crippen molar-refractivity contribution < 1.29 is 4.52 Å². The van der Waals surface area contributed by atoms with Crippen LogP contribution in [-0.2, 0) is 6.54 Å². The highest BCUT2D eigenvalue weighted by molar-refractivity contribution is 5.43. The topological polar surface area (TPSA) is 55.3 Å². The molecule has 5 aliphatic rings. The van der Waals surface area contributed by atoms with Gasteiger partial charge in [0.2, 0.25) is 5.88 Å². The minimum absolute atomic E-state index is 0.377. The van der Waals surface area contributed by atoms with Gasteiger partial charge in [-0.1, -0.05) is 5.16 Å². The molecular formula is C16H23N3O. The summed E-state index contributed by atoms with van der Waals surface area (Å²) in [5.74, 6) is 3.49. The first-order chi connectivity index (χ1) is 9.64. The van der Waals surface area contributed by atoms with Crippen LogP contribution in [0.5, 0.6) is 0 Å². The number of nitrogens with zero attached hydrogens (tertiary/aromatic N) is 2. The van der Waals surface area contributed by atoms with Gasteiger partial charge in [0.1, 0.15) is 5.69 Å². The van der Waals surface area contributed by atoms with E-state index in [1.54, 1.807) is 0 Å². The zero-order valence-electron chi connectivity index (χ0n) is 12.1. The fraction of sp³-hybridized carbons (Fsp3) is 0.812. The summed E-state index contributed by atoms with van der Waals surface area (Å²) >= 11 is 0. The van der Waals surface area contributed by atoms with Crippen LogP contribution in [0.4, 0.5) is 5.88 Å². The Kier molecular flexibility index (Phi) is 2.08. The standard InChI is InChI=1S/C16H23N3O/c1-9-14-13(15(17)20-18-14)8-19(9)16-5-10-2-11(6-16)4-12(3-10)7-16/h9-12H,2-8,17H2,1H3. The molecule has 4 saturated carbocycles. The molecule has 1 unspecified atom stereocenters. The molecule has 1 atom stereocenters. The SMILES string of the molecule is CC1c2noc(N)c2CN1C12CC3CC(CC(C3)C1)C2. The highest BCUT2D eigenvalue weighted by Gasteiger charge is 2.56. The smallest absolute Gasteiger partial charge is 0.226 e. The first-order valence-corrected chi connectivity index (χ1v) is 8.15. The molecule has 0 radical (unpaired) electrons. The zero-order valence-corrected chi connectivity index (χ0v) is 12.1. The van der Waals surface area contributed by atoms with Crippen molar-refractivity contribution in [2.75, 3.05) is 5.73 Å². The number of rotatable bonds is 1. The number of nitrogens with two attached hydrogens (primary N) is 1. The summed E-state index contributed by atoms with van der Waals surface area (Å²) in [7, 11) is 0. The molecule has 1 aromatic rings. The van der Waals surface area contributed by atoms with Crippen LogP contribution in [0.15, 0.2) is 4.52 Å². The molecule has 2 N–H and O–H groups in total. The summed E-state index contributed by atoms with van der Waals surface area (Å²) in [5, 5.41) is 4.21. The van der Waals surface area contributed by atoms with Gasteiger partial charge in [0, 0.05) is 12.1 Å². The Labute approximate surface area is 119 Å². The Bertz CT molecular complexity index is 529. The molecule has 0 saturated heterocycles. The highest BCUT2D eigenvalue weighted by atomic mass is 16.5. The molecule has 4 nitrogen and oxygen atoms in total. The van der Waals surface area contributed by atoms with Crippen molar-refractivity contribution in [1.29, 1.82) is 0 Å². The third-order valence-corrected chi connectivity index (χ3v) is 6.66. The summed E-state index contributed by atoms with van der Waals surface area (Å²) in [6.07, 6.45) is 8.71. The molecule has 2 heterocycles. The summed E-state index contributed by atoms with van der Waals surface area (Å²) in [4.78, 5) is 2.72. The van der Waals surface area contributed by atoms with Crippen molar-refractivity contribution in [2.45, 2.75) is 63.6 Å². The largest absolute Gasteiger partial charge is 0.367 e. The predicted octanol–water partition coefficient (Wildman–Crippen LogP) is 3.10. The molecular weight excluding hydrogens is 250 g/mol. The minimum atomic E-state index is 0.377. The monoisotopic (exact) mass is 273 g/mol. The summed E-state index contributed by atoms with van der Waals surface area (Å²) in [5.41, 5.74) is 8.65. The Balaban J connectivity index is 1.52. The molecule has 1 aromatic heterocycles. The van der Waals surface area contributed by atoms with Gasteiger partial charge in [-0.25, -0.2) is 0 Å². The lowest BCUT2D eigenvalue weighted by molar-refractivity contribution is -0.102. The number of hydrogen-bond acceptors (Lipinski definition) is 4. The highest BCUT2D eigenvalue weighted by Crippen LogP contribution is 2.60. The van der Waals surface area contributed by atoms with E-state index in [0.29, 0.717) is 17.5 Å². The van der Waals surface area contributed by atoms with E-state index in [-0.39, 0.29) is 0 Å². The molecule has 0 spiro atoms. The van der Waals surface area contributed by atoms with Gasteiger partial charge in [-0.05, 0) is 63.2 Å². The molecule has 4 heteroatoms. The second-order valence-electron chi connectivity index (χ2n) is 7.86. The summed E-state index contributed by atoms with van der Waals surface area (Å²) in [6.45, 7) is 3.24. The fourth-order valence-electron chi connectivity index (χ4n) is 6.27. The zero-order chi connectivity index (χ0) is 13.5. The van der Waals surface area contributed by atoms with Gasteiger partial charge >= 0.3 is 0 Å². The average molecular weight is 273 g/mol. The third-order valence-electron chi connectivity index (χ3n) is 6.66. The van der Waals surface area contributed by atoms with Gasteiger partial charge in [0.05, 0.1) is 11.6 Å². The van der Waals surface area contributed by atoms with E-state index < -0.39 is 0 Å². The number of anilines is 1. The maximum Gasteiger partial charge on any atom is 0.226 e.